The van der Waals surface area contributed by atoms with Gasteiger partial charge in [-0.1, -0.05) is 136 Å². The molecule has 0 saturated carbocycles. The first kappa shape index (κ1) is 107. The van der Waals surface area contributed by atoms with E-state index in [1.165, 1.54) is 94.2 Å². The molecule has 0 radical (unpaired) electrons. The Morgan fingerprint density at radius 1 is 0.574 bits per heavy atom. The number of aliphatic carboxylic acids is 2. The summed E-state index contributed by atoms with van der Waals surface area (Å²) >= 11 is 3.03. The van der Waals surface area contributed by atoms with Crippen molar-refractivity contribution in [2.75, 3.05) is 170 Å². The molecule has 33 nitrogen and oxygen atoms in total. The van der Waals surface area contributed by atoms with E-state index in [9.17, 15) is 32.5 Å². The van der Waals surface area contributed by atoms with E-state index in [0.717, 1.165) is 125 Å². The number of aryl methyl sites for hydroxylation is 2. The minimum atomic E-state index is -3.57. The van der Waals surface area contributed by atoms with Crippen molar-refractivity contribution < 1.29 is 66.5 Å². The number of piperidine rings is 1. The molecule has 136 heavy (non-hydrogen) atoms. The Labute approximate surface area is 811 Å². The number of carbonyl (C=O) groups is 3. The van der Waals surface area contributed by atoms with Gasteiger partial charge in [-0.3, -0.25) is 37.3 Å². The van der Waals surface area contributed by atoms with E-state index in [4.69, 9.17) is 67.1 Å². The van der Waals surface area contributed by atoms with Crippen LogP contribution in [0.15, 0.2) is 165 Å². The molecule has 0 unspecified atom stereocenters. The zero-order chi connectivity index (χ0) is 98.7. The lowest BCUT2D eigenvalue weighted by Crippen LogP contribution is -2.56. The second kappa shape index (κ2) is 56.4. The van der Waals surface area contributed by atoms with Crippen LogP contribution in [0.3, 0.4) is 0 Å². The molecule has 736 valence electrons. The average molecular weight is 2000 g/mol. The molecule has 5 fully saturated rings. The van der Waals surface area contributed by atoms with Gasteiger partial charge in [-0.25, -0.2) is 35.7 Å². The first-order chi connectivity index (χ1) is 66.2. The van der Waals surface area contributed by atoms with Crippen LogP contribution in [0.4, 0.5) is 27.4 Å². The van der Waals surface area contributed by atoms with Crippen molar-refractivity contribution in [2.45, 2.75) is 170 Å². The van der Waals surface area contributed by atoms with Crippen LogP contribution in [-0.2, 0) is 80.0 Å². The third-order valence-electron chi connectivity index (χ3n) is 24.2. The number of hydrogen-bond donors (Lipinski definition) is 3. The Hall–Kier alpha value is -10.5. The van der Waals surface area contributed by atoms with Gasteiger partial charge in [0, 0.05) is 158 Å². The summed E-state index contributed by atoms with van der Waals surface area (Å²) in [6.45, 7) is 46.9. The number of aromatic amines is 1. The molecule has 0 aliphatic carbocycles. The van der Waals surface area contributed by atoms with Gasteiger partial charge in [-0.15, -0.1) is 0 Å². The number of likely N-dealkylation sites (tertiary alicyclic amines) is 2. The van der Waals surface area contributed by atoms with Gasteiger partial charge in [0.1, 0.15) is 30.9 Å². The number of H-pyrrole nitrogens is 1. The summed E-state index contributed by atoms with van der Waals surface area (Å²) in [4.78, 5) is 79.0. The molecule has 9 aromatic rings. The lowest BCUT2D eigenvalue weighted by molar-refractivity contribution is -0.132. The van der Waals surface area contributed by atoms with E-state index in [2.05, 4.69) is 202 Å². The van der Waals surface area contributed by atoms with Crippen molar-refractivity contribution in [1.82, 2.24) is 69.3 Å². The van der Waals surface area contributed by atoms with E-state index in [0.29, 0.717) is 114 Å². The maximum Gasteiger partial charge on any atom is 0.345 e. The van der Waals surface area contributed by atoms with Gasteiger partial charge in [0.25, 0.3) is 0 Å². The van der Waals surface area contributed by atoms with Gasteiger partial charge in [0.2, 0.25) is 19.0 Å². The number of carboxylic acid groups (broad SMARTS) is 2. The molecular weight excluding hydrogens is 1860 g/mol. The molecule has 4 atom stereocenters. The van der Waals surface area contributed by atoms with Crippen LogP contribution in [0.25, 0.3) is 31.2 Å². The average Bonchev–Trinajstić information content (AvgIpc) is 1.09. The van der Waals surface area contributed by atoms with E-state index in [1.807, 2.05) is 29.3 Å². The first-order valence-electron chi connectivity index (χ1n) is 47.7. The fourth-order valence-corrected chi connectivity index (χ4v) is 26.9. The highest BCUT2D eigenvalue weighted by atomic mass is 79.9. The first-order valence-corrected chi connectivity index (χ1v) is 53.3. The van der Waals surface area contributed by atoms with Crippen molar-refractivity contribution in [3.63, 3.8) is 0 Å². The number of ether oxygens (including phenoxy) is 2. The summed E-state index contributed by atoms with van der Waals surface area (Å²) in [7, 11) is -7.38. The molecule has 12 heterocycles. The molecule has 7 aliphatic heterocycles. The van der Waals surface area contributed by atoms with Gasteiger partial charge in [-0.2, -0.15) is 35.2 Å². The van der Waals surface area contributed by atoms with Crippen LogP contribution < -0.4 is 29.1 Å². The minimum absolute atomic E-state index is 0.0779. The number of fused-ring (bicyclic) bond motifs is 4. The summed E-state index contributed by atoms with van der Waals surface area (Å²) in [5.74, 6) is 0.401. The Morgan fingerprint density at radius 2 is 1.03 bits per heavy atom. The predicted molar refractivity (Wildman–Crippen MR) is 540 cm³/mol. The van der Waals surface area contributed by atoms with Crippen LogP contribution >= 0.6 is 38.7 Å². The normalized spacial score (nSPS) is 20.9. The second-order valence-corrected chi connectivity index (χ2v) is 41.4. The van der Waals surface area contributed by atoms with Crippen LogP contribution in [-0.4, -0.2) is 265 Å². The zero-order valence-corrected chi connectivity index (χ0v) is 84.6. The number of benzene rings is 4. The number of anilines is 4. The number of carbonyl (C=O) groups excluding carboxylic acids is 1. The second-order valence-electron chi connectivity index (χ2n) is 33.8. The van der Waals surface area contributed by atoms with Gasteiger partial charge in [-0.05, 0) is 184 Å². The molecule has 5 saturated heterocycles. The number of aromatic nitrogens is 10. The molecule has 38 heteroatoms. The van der Waals surface area contributed by atoms with Crippen LogP contribution in [0.5, 0.6) is 12.0 Å². The van der Waals surface area contributed by atoms with Gasteiger partial charge in [0.05, 0.1) is 64.6 Å². The third kappa shape index (κ3) is 32.8. The number of rotatable bonds is 29. The maximum absolute atomic E-state index is 13.3. The Bertz CT molecular complexity index is 5470. The van der Waals surface area contributed by atoms with Crippen LogP contribution in [0, 0.1) is 32.9 Å². The quantitative estimate of drug-likeness (QED) is 0.0170. The van der Waals surface area contributed by atoms with E-state index in [1.54, 1.807) is 73.3 Å². The fourth-order valence-electron chi connectivity index (χ4n) is 17.4. The number of likely N-dealkylation sites (N-methyl/N-ethyl adjacent to an activating group) is 2. The molecule has 4 aromatic carbocycles. The number of nitrogens with one attached hydrogen (secondary N) is 1. The molecular formula is C98H137BrFN20O13P3. The number of hydrogen-bond acceptors (Lipinski definition) is 25. The van der Waals surface area contributed by atoms with E-state index < -0.39 is 41.9 Å². The molecule has 16 rings (SSSR count). The molecule has 5 aromatic heterocycles. The maximum atomic E-state index is 13.3. The van der Waals surface area contributed by atoms with Crippen molar-refractivity contribution in [2.24, 2.45) is 5.92 Å². The van der Waals surface area contributed by atoms with Crippen molar-refractivity contribution in [3.05, 3.63) is 221 Å². The molecule has 0 bridgehead atoms. The Morgan fingerprint density at radius 3 is 1.41 bits per heavy atom. The van der Waals surface area contributed by atoms with Crippen molar-refractivity contribution in [3.8, 4) is 12.0 Å². The van der Waals surface area contributed by atoms with Crippen LogP contribution in [0.2, 0.25) is 0 Å². The fraction of sp³-hybridized carbons (Fsp3) is 0.510. The number of halogens is 2. The highest BCUT2D eigenvalue weighted by Crippen LogP contribution is 2.82. The van der Waals surface area contributed by atoms with Crippen molar-refractivity contribution >= 4 is 101 Å². The van der Waals surface area contributed by atoms with Gasteiger partial charge in [0.15, 0.2) is 0 Å². The lowest BCUT2D eigenvalue weighted by Gasteiger charge is -2.41. The van der Waals surface area contributed by atoms with E-state index in [-0.39, 0.29) is 37.0 Å². The zero-order valence-electron chi connectivity index (χ0n) is 81.3. The third-order valence-corrected chi connectivity index (χ3v) is 33.5. The standard InChI is InChI=1S/C37H43N9O2.C31H38N6O.C9H21O6P3.C7H8N2O2.C6H15N.C4H5BrO2.C3H4N2.CH3F/c1-27-9-4-10-28-11-5-13-33(35(27)28)43-20-15-31-32(25-43)40-37(48-26-29-12-6-17-42(29)3)41-36(31)44-21-22-46(30(24-44)23-38-2)34(47)14-7-18-45-19-8-16-39-45;1-22-8-4-10-24-11-5-13-28(29(22)24)36-17-14-26-27(20-36)33-31(38-21-25-12-7-15-35(25)3)34-30(26)37-16-6-9-23(19-37)18-32-2;1-4-7-16(10)13-17(11,8-5-2)15-18(12,14-16)9-6-3;10-7(11)3-1-5-9-6-2-4-8-9;1-4-7(5-2)6-3;5-3-1-2-4(6)7;1-2-4-5-3-1;1-2/h4-5,7-11,13-14,16,19,29-30H,6,12,15,17-18,20-26H2,1,3H3;4-5,8,10-11,13,23,25H,6-7,9,12,14-21H2,1,3H3;4-9H2,1-3H3;1-4,6H,5H2,(H,10,11);4-6H2,1-3H3;1-2H,3H2,(H,6,7);1-3H,(H,4,5);1H3/b14-7+;;;3-1+;;2-1+;;/t29-,30-;23-,25-;;;;;;/m00....../s1/i;;;;;;;1D. The lowest BCUT2D eigenvalue weighted by atomic mass is 9.96. The highest BCUT2D eigenvalue weighted by molar-refractivity contribution is 9.09. The smallest absolute Gasteiger partial charge is 0.345 e. The summed E-state index contributed by atoms with van der Waals surface area (Å²) in [5.41, 5.74) is 9.50. The number of carboxylic acids is 2. The summed E-state index contributed by atoms with van der Waals surface area (Å²) < 4.78 is 83.8. The number of alkyl halides is 2. The Kier molecular flexibility index (Phi) is 44.5. The van der Waals surface area contributed by atoms with Gasteiger partial charge < -0.3 is 68.6 Å². The summed E-state index contributed by atoms with van der Waals surface area (Å²) in [5, 5.41) is 36.2. The predicted octanol–water partition coefficient (Wildman–Crippen LogP) is 18.2. The molecule has 7 aliphatic rings. The van der Waals surface area contributed by atoms with Crippen molar-refractivity contribution in [1.29, 1.82) is 0 Å². The number of amides is 1. The topological polar surface area (TPSA) is 340 Å². The SMILES string of the molecule is CCCP1(=O)OP(=O)(CCC)OP(=O)(CCC)O1.CCN(CC)CC.O=C(O)/C=C/CBr.O=C(O)/C=C/Cn1cccn1.[2H]CF.[C-]#[N+]C[C@@H]1CCCN(c2nc(OC[C@@H]3CCCN3C)nc3c2CCN(c2cccc4cccc(C)c24)C3)C1.[C-]#[N+]C[C@H]1CN(c2nc(OC[C@@H]3CCCN3C)nc3c2CCN(c2cccc4cccc(C)c24)C3)CCN1C(=O)/C=C/Cn1cccn1.c1cn[nH]c1. The summed E-state index contributed by atoms with van der Waals surface area (Å²) in [6.07, 6.45) is 29.7. The molecule has 1 amide bonds. The number of nitrogens with zero attached hydrogens (tertiary/aromatic N) is 19. The molecule has 0 spiro atoms. The summed E-state index contributed by atoms with van der Waals surface area (Å²) in [6, 6.07) is 33.0. The largest absolute Gasteiger partial charge is 0.478 e. The van der Waals surface area contributed by atoms with Gasteiger partial charge >= 0.3 is 46.7 Å². The number of allylic oxidation sites excluding steroid dienone is 3. The van der Waals surface area contributed by atoms with Crippen LogP contribution in [0.1, 0.15) is 134 Å². The monoisotopic (exact) mass is 1990 g/mol. The minimum Gasteiger partial charge on any atom is -0.478 e. The van der Waals surface area contributed by atoms with E-state index >= 15 is 0 Å². The Balaban J connectivity index is 0.000000207. The highest BCUT2D eigenvalue weighted by Gasteiger charge is 2.51. The molecule has 3 N–H and O–H groups in total. The number of piperazine rings is 1.